The number of carbonyl (C=O) groups is 1. The van der Waals surface area contributed by atoms with Gasteiger partial charge in [0.1, 0.15) is 0 Å². The molecule has 0 saturated heterocycles. The van der Waals surface area contributed by atoms with Crippen molar-refractivity contribution in [3.63, 3.8) is 0 Å². The fraction of sp³-hybridized carbons (Fsp3) is 0.417. The number of benzene rings is 1. The number of carbonyl (C=O) groups excluding carboxylic acids is 1. The monoisotopic (exact) mass is 255 g/mol. The van der Waals surface area contributed by atoms with E-state index in [-0.39, 0.29) is 17.4 Å². The fourth-order valence-corrected chi connectivity index (χ4v) is 1.83. The Labute approximate surface area is 105 Å². The molecule has 0 aliphatic heterocycles. The molecular formula is C12H17NO3S. The van der Waals surface area contributed by atoms with Gasteiger partial charge in [-0.3, -0.25) is 4.79 Å². The van der Waals surface area contributed by atoms with Crippen LogP contribution in [0.4, 0.5) is 0 Å². The quantitative estimate of drug-likeness (QED) is 0.537. The summed E-state index contributed by atoms with van der Waals surface area (Å²) < 4.78 is 0. The molecule has 5 heteroatoms. The summed E-state index contributed by atoms with van der Waals surface area (Å²) in [6.07, 6.45) is 4.07. The predicted octanol–water partition coefficient (Wildman–Crippen LogP) is 1.97. The number of hydrogen-bond donors (Lipinski definition) is 3. The number of amides is 1. The Hall–Kier alpha value is -1.36. The van der Waals surface area contributed by atoms with Gasteiger partial charge in [0.25, 0.3) is 5.91 Å². The minimum Gasteiger partial charge on any atom is -0.504 e. The van der Waals surface area contributed by atoms with Crippen LogP contribution < -0.4 is 5.32 Å². The van der Waals surface area contributed by atoms with E-state index in [0.29, 0.717) is 12.1 Å². The molecule has 1 amide bonds. The predicted molar refractivity (Wildman–Crippen MR) is 69.7 cm³/mol. The zero-order valence-electron chi connectivity index (χ0n) is 9.77. The summed E-state index contributed by atoms with van der Waals surface area (Å²) in [5.74, 6) is 0.363. The lowest BCUT2D eigenvalue weighted by Crippen LogP contribution is -2.24. The van der Waals surface area contributed by atoms with Crippen LogP contribution in [0.15, 0.2) is 18.2 Å². The van der Waals surface area contributed by atoms with E-state index >= 15 is 0 Å². The smallest absolute Gasteiger partial charge is 0.251 e. The number of thioether (sulfide) groups is 1. The first-order chi connectivity index (χ1) is 8.15. The number of aromatic hydroxyl groups is 2. The van der Waals surface area contributed by atoms with Crippen molar-refractivity contribution in [2.45, 2.75) is 12.8 Å². The van der Waals surface area contributed by atoms with Gasteiger partial charge in [0.15, 0.2) is 11.5 Å². The van der Waals surface area contributed by atoms with Gasteiger partial charge in [-0.25, -0.2) is 0 Å². The summed E-state index contributed by atoms with van der Waals surface area (Å²) in [6.45, 7) is 0.626. The third-order valence-electron chi connectivity index (χ3n) is 2.30. The highest BCUT2D eigenvalue weighted by Gasteiger charge is 2.07. The minimum atomic E-state index is -0.278. The van der Waals surface area contributed by atoms with E-state index in [0.717, 1.165) is 18.6 Å². The van der Waals surface area contributed by atoms with Gasteiger partial charge in [-0.15, -0.1) is 0 Å². The Morgan fingerprint density at radius 2 is 2.06 bits per heavy atom. The van der Waals surface area contributed by atoms with E-state index in [4.69, 9.17) is 5.11 Å². The number of unbranched alkanes of at least 4 members (excludes halogenated alkanes) is 1. The Morgan fingerprint density at radius 3 is 2.71 bits per heavy atom. The third kappa shape index (κ3) is 4.56. The lowest BCUT2D eigenvalue weighted by Gasteiger charge is -2.05. The Bertz CT molecular complexity index is 382. The zero-order valence-corrected chi connectivity index (χ0v) is 10.6. The second kappa shape index (κ2) is 7.06. The van der Waals surface area contributed by atoms with Crippen LogP contribution in [0.25, 0.3) is 0 Å². The molecule has 1 aromatic carbocycles. The van der Waals surface area contributed by atoms with Crippen LogP contribution in [0.5, 0.6) is 11.5 Å². The van der Waals surface area contributed by atoms with Crippen LogP contribution in [-0.2, 0) is 0 Å². The van der Waals surface area contributed by atoms with Crippen LogP contribution in [0.3, 0.4) is 0 Å². The van der Waals surface area contributed by atoms with Crippen molar-refractivity contribution in [1.82, 2.24) is 5.32 Å². The normalized spacial score (nSPS) is 10.2. The standard InChI is InChI=1S/C12H17NO3S/c1-17-7-3-2-6-13-12(16)9-4-5-10(14)11(15)8-9/h4-5,8,14-15H,2-3,6-7H2,1H3,(H,13,16). The second-order valence-electron chi connectivity index (χ2n) is 3.66. The highest BCUT2D eigenvalue weighted by atomic mass is 32.2. The molecule has 0 saturated carbocycles. The molecule has 0 radical (unpaired) electrons. The van der Waals surface area contributed by atoms with Crippen molar-refractivity contribution >= 4 is 17.7 Å². The van der Waals surface area contributed by atoms with Crippen LogP contribution in [-0.4, -0.2) is 34.7 Å². The molecule has 94 valence electrons. The molecule has 17 heavy (non-hydrogen) atoms. The first-order valence-corrected chi connectivity index (χ1v) is 6.83. The van der Waals surface area contributed by atoms with Crippen molar-refractivity contribution in [3.8, 4) is 11.5 Å². The number of phenols is 2. The molecule has 3 N–H and O–H groups in total. The van der Waals surface area contributed by atoms with Gasteiger partial charge in [0.05, 0.1) is 0 Å². The van der Waals surface area contributed by atoms with Crippen molar-refractivity contribution in [2.24, 2.45) is 0 Å². The molecular weight excluding hydrogens is 238 g/mol. The maximum Gasteiger partial charge on any atom is 0.251 e. The van der Waals surface area contributed by atoms with Crippen LogP contribution in [0.1, 0.15) is 23.2 Å². The lowest BCUT2D eigenvalue weighted by atomic mass is 10.2. The highest BCUT2D eigenvalue weighted by Crippen LogP contribution is 2.24. The highest BCUT2D eigenvalue weighted by molar-refractivity contribution is 7.98. The SMILES string of the molecule is CSCCCCNC(=O)c1ccc(O)c(O)c1. The van der Waals surface area contributed by atoms with E-state index < -0.39 is 0 Å². The third-order valence-corrected chi connectivity index (χ3v) is 3.00. The molecule has 0 fully saturated rings. The van der Waals surface area contributed by atoms with E-state index in [1.54, 1.807) is 11.8 Å². The number of rotatable bonds is 6. The topological polar surface area (TPSA) is 69.6 Å². The molecule has 0 unspecified atom stereocenters. The molecule has 1 aromatic rings. The summed E-state index contributed by atoms with van der Waals surface area (Å²) in [5.41, 5.74) is 0.352. The first-order valence-electron chi connectivity index (χ1n) is 5.44. The Kier molecular flexibility index (Phi) is 5.69. The summed E-state index contributed by atoms with van der Waals surface area (Å²) >= 11 is 1.79. The van der Waals surface area contributed by atoms with Crippen LogP contribution in [0, 0.1) is 0 Å². The average Bonchev–Trinajstić information content (AvgIpc) is 2.32. The van der Waals surface area contributed by atoms with Crippen molar-refractivity contribution in [1.29, 1.82) is 0 Å². The molecule has 1 rings (SSSR count). The number of nitrogens with one attached hydrogen (secondary N) is 1. The second-order valence-corrected chi connectivity index (χ2v) is 4.64. The molecule has 0 aromatic heterocycles. The summed E-state index contributed by atoms with van der Waals surface area (Å²) in [4.78, 5) is 11.6. The van der Waals surface area contributed by atoms with Gasteiger partial charge in [-0.05, 0) is 43.0 Å². The Balaban J connectivity index is 2.39. The largest absolute Gasteiger partial charge is 0.504 e. The summed E-state index contributed by atoms with van der Waals surface area (Å²) in [5, 5.41) is 21.1. The van der Waals surface area contributed by atoms with Gasteiger partial charge < -0.3 is 15.5 Å². The minimum absolute atomic E-state index is 0.221. The van der Waals surface area contributed by atoms with Crippen molar-refractivity contribution < 1.29 is 15.0 Å². The Morgan fingerprint density at radius 1 is 1.29 bits per heavy atom. The van der Waals surface area contributed by atoms with Crippen LogP contribution >= 0.6 is 11.8 Å². The lowest BCUT2D eigenvalue weighted by molar-refractivity contribution is 0.0953. The number of phenolic OH excluding ortho intramolecular Hbond substituents is 2. The maximum absolute atomic E-state index is 11.6. The molecule has 0 aliphatic rings. The summed E-state index contributed by atoms with van der Waals surface area (Å²) in [6, 6.07) is 4.04. The fourth-order valence-electron chi connectivity index (χ4n) is 1.34. The average molecular weight is 255 g/mol. The van der Waals surface area contributed by atoms with Gasteiger partial charge in [0.2, 0.25) is 0 Å². The zero-order chi connectivity index (χ0) is 12.7. The van der Waals surface area contributed by atoms with Gasteiger partial charge in [-0.1, -0.05) is 0 Å². The van der Waals surface area contributed by atoms with Gasteiger partial charge in [0, 0.05) is 12.1 Å². The molecule has 0 spiro atoms. The summed E-state index contributed by atoms with van der Waals surface area (Å²) in [7, 11) is 0. The molecule has 0 bridgehead atoms. The van der Waals surface area contributed by atoms with Crippen molar-refractivity contribution in [2.75, 3.05) is 18.6 Å². The molecule has 0 aliphatic carbocycles. The first kappa shape index (κ1) is 13.7. The molecule has 4 nitrogen and oxygen atoms in total. The van der Waals surface area contributed by atoms with Crippen molar-refractivity contribution in [3.05, 3.63) is 23.8 Å². The van der Waals surface area contributed by atoms with Crippen LogP contribution in [0.2, 0.25) is 0 Å². The van der Waals surface area contributed by atoms with Gasteiger partial charge >= 0.3 is 0 Å². The van der Waals surface area contributed by atoms with E-state index in [1.807, 2.05) is 0 Å². The maximum atomic E-state index is 11.6. The molecule has 0 heterocycles. The number of hydrogen-bond acceptors (Lipinski definition) is 4. The van der Waals surface area contributed by atoms with E-state index in [1.165, 1.54) is 18.2 Å². The van der Waals surface area contributed by atoms with Gasteiger partial charge in [-0.2, -0.15) is 11.8 Å². The molecule has 0 atom stereocenters. The van der Waals surface area contributed by atoms with E-state index in [9.17, 15) is 9.90 Å². The van der Waals surface area contributed by atoms with E-state index in [2.05, 4.69) is 11.6 Å².